The smallest absolute Gasteiger partial charge is 0.159 e. The molecule has 0 aromatic heterocycles. The van der Waals surface area contributed by atoms with Crippen molar-refractivity contribution in [1.82, 2.24) is 0 Å². The van der Waals surface area contributed by atoms with Gasteiger partial charge < -0.3 is 10.5 Å². The lowest BCUT2D eigenvalue weighted by Gasteiger charge is -2.10. The molecule has 0 radical (unpaired) electrons. The predicted octanol–water partition coefficient (Wildman–Crippen LogP) is 3.63. The highest BCUT2D eigenvalue weighted by atomic mass is 32.2. The summed E-state index contributed by atoms with van der Waals surface area (Å²) in [5.41, 5.74) is 7.21. The van der Waals surface area contributed by atoms with Crippen molar-refractivity contribution >= 4 is 23.2 Å². The van der Waals surface area contributed by atoms with Gasteiger partial charge in [-0.3, -0.25) is 4.79 Å². The summed E-state index contributed by atoms with van der Waals surface area (Å²) >= 11 is 1.52. The number of rotatable bonds is 4. The first-order chi connectivity index (χ1) is 9.11. The second-order valence-electron chi connectivity index (χ2n) is 4.06. The molecule has 2 N–H and O–H groups in total. The van der Waals surface area contributed by atoms with Crippen LogP contribution in [0.2, 0.25) is 0 Å². The number of anilines is 1. The zero-order valence-corrected chi connectivity index (χ0v) is 11.7. The molecule has 98 valence electrons. The third-order valence-electron chi connectivity index (χ3n) is 2.71. The first-order valence-electron chi connectivity index (χ1n) is 5.83. The fourth-order valence-electron chi connectivity index (χ4n) is 1.68. The standard InChI is InChI=1S/C15H15NO2S/c1-10(17)11-7-8-14(12(16)9-11)19-15-6-4-3-5-13(15)18-2/h3-9H,16H2,1-2H3. The van der Waals surface area contributed by atoms with E-state index in [0.717, 1.165) is 15.5 Å². The molecular formula is C15H15NO2S. The van der Waals surface area contributed by atoms with E-state index in [1.54, 1.807) is 19.2 Å². The number of nitrogens with two attached hydrogens (primary N) is 1. The molecule has 0 saturated heterocycles. The zero-order chi connectivity index (χ0) is 13.8. The Bertz CT molecular complexity index is 611. The van der Waals surface area contributed by atoms with Crippen molar-refractivity contribution in [2.24, 2.45) is 0 Å². The molecule has 0 aliphatic heterocycles. The molecule has 0 unspecified atom stereocenters. The molecule has 0 bridgehead atoms. The van der Waals surface area contributed by atoms with E-state index in [0.29, 0.717) is 11.3 Å². The van der Waals surface area contributed by atoms with Crippen LogP contribution in [-0.2, 0) is 0 Å². The highest BCUT2D eigenvalue weighted by molar-refractivity contribution is 7.99. The first kappa shape index (κ1) is 13.5. The van der Waals surface area contributed by atoms with Crippen LogP contribution in [0.25, 0.3) is 0 Å². The maximum absolute atomic E-state index is 11.3. The average molecular weight is 273 g/mol. The predicted molar refractivity (Wildman–Crippen MR) is 78.0 cm³/mol. The van der Waals surface area contributed by atoms with Gasteiger partial charge in [0.05, 0.1) is 12.0 Å². The van der Waals surface area contributed by atoms with Crippen molar-refractivity contribution in [3.63, 3.8) is 0 Å². The molecule has 0 heterocycles. The van der Waals surface area contributed by atoms with Crippen molar-refractivity contribution in [2.45, 2.75) is 16.7 Å². The lowest BCUT2D eigenvalue weighted by molar-refractivity contribution is 0.101. The van der Waals surface area contributed by atoms with Crippen LogP contribution < -0.4 is 10.5 Å². The van der Waals surface area contributed by atoms with Gasteiger partial charge in [-0.1, -0.05) is 30.0 Å². The van der Waals surface area contributed by atoms with E-state index in [1.165, 1.54) is 18.7 Å². The highest BCUT2D eigenvalue weighted by Crippen LogP contribution is 2.37. The van der Waals surface area contributed by atoms with Crippen molar-refractivity contribution in [2.75, 3.05) is 12.8 Å². The summed E-state index contributed by atoms with van der Waals surface area (Å²) in [5, 5.41) is 0. The molecule has 0 aliphatic carbocycles. The van der Waals surface area contributed by atoms with E-state index in [2.05, 4.69) is 0 Å². The van der Waals surface area contributed by atoms with Gasteiger partial charge >= 0.3 is 0 Å². The summed E-state index contributed by atoms with van der Waals surface area (Å²) in [7, 11) is 1.64. The number of carbonyl (C=O) groups is 1. The number of ketones is 1. The van der Waals surface area contributed by atoms with E-state index in [9.17, 15) is 4.79 Å². The summed E-state index contributed by atoms with van der Waals surface area (Å²) in [4.78, 5) is 13.2. The van der Waals surface area contributed by atoms with Crippen molar-refractivity contribution in [3.05, 3.63) is 48.0 Å². The van der Waals surface area contributed by atoms with Crippen LogP contribution in [-0.4, -0.2) is 12.9 Å². The quantitative estimate of drug-likeness (QED) is 0.682. The molecule has 0 aliphatic rings. The Hall–Kier alpha value is -1.94. The second-order valence-corrected chi connectivity index (χ2v) is 5.15. The van der Waals surface area contributed by atoms with Crippen molar-refractivity contribution < 1.29 is 9.53 Å². The molecule has 0 fully saturated rings. The minimum Gasteiger partial charge on any atom is -0.496 e. The van der Waals surface area contributed by atoms with E-state index in [1.807, 2.05) is 30.3 Å². The largest absolute Gasteiger partial charge is 0.496 e. The van der Waals surface area contributed by atoms with Gasteiger partial charge in [0.1, 0.15) is 5.75 Å². The Balaban J connectivity index is 2.31. The SMILES string of the molecule is COc1ccccc1Sc1ccc(C(C)=O)cc1N. The van der Waals surface area contributed by atoms with Gasteiger partial charge in [-0.25, -0.2) is 0 Å². The number of carbonyl (C=O) groups excluding carboxylic acids is 1. The summed E-state index contributed by atoms with van der Waals surface area (Å²) < 4.78 is 5.30. The molecular weight excluding hydrogens is 258 g/mol. The number of para-hydroxylation sites is 1. The van der Waals surface area contributed by atoms with Crippen molar-refractivity contribution in [3.8, 4) is 5.75 Å². The fraction of sp³-hybridized carbons (Fsp3) is 0.133. The lowest BCUT2D eigenvalue weighted by atomic mass is 10.1. The van der Waals surface area contributed by atoms with Crippen molar-refractivity contribution in [1.29, 1.82) is 0 Å². The highest BCUT2D eigenvalue weighted by Gasteiger charge is 2.08. The Labute approximate surface area is 116 Å². The molecule has 0 atom stereocenters. The molecule has 0 saturated carbocycles. The van der Waals surface area contributed by atoms with Gasteiger partial charge in [-0.05, 0) is 31.2 Å². The summed E-state index contributed by atoms with van der Waals surface area (Å²) in [6.07, 6.45) is 0. The van der Waals surface area contributed by atoms with Crippen LogP contribution in [0.5, 0.6) is 5.75 Å². The van der Waals surface area contributed by atoms with E-state index in [-0.39, 0.29) is 5.78 Å². The molecule has 2 rings (SSSR count). The van der Waals surface area contributed by atoms with Crippen LogP contribution in [0.1, 0.15) is 17.3 Å². The maximum Gasteiger partial charge on any atom is 0.159 e. The van der Waals surface area contributed by atoms with Crippen LogP contribution in [0.4, 0.5) is 5.69 Å². The van der Waals surface area contributed by atoms with Crippen LogP contribution in [0.3, 0.4) is 0 Å². The summed E-state index contributed by atoms with van der Waals surface area (Å²) in [6.45, 7) is 1.53. The van der Waals surface area contributed by atoms with Gasteiger partial charge in [0.2, 0.25) is 0 Å². The Morgan fingerprint density at radius 1 is 1.16 bits per heavy atom. The minimum absolute atomic E-state index is 0.0144. The van der Waals surface area contributed by atoms with Gasteiger partial charge in [0.15, 0.2) is 5.78 Å². The number of hydrogen-bond acceptors (Lipinski definition) is 4. The van der Waals surface area contributed by atoms with Gasteiger partial charge in [-0.15, -0.1) is 0 Å². The molecule has 2 aromatic rings. The topological polar surface area (TPSA) is 52.3 Å². The van der Waals surface area contributed by atoms with Gasteiger partial charge in [0.25, 0.3) is 0 Å². The molecule has 4 heteroatoms. The Kier molecular flexibility index (Phi) is 4.12. The molecule has 0 amide bonds. The van der Waals surface area contributed by atoms with Crippen LogP contribution in [0, 0.1) is 0 Å². The second kappa shape index (κ2) is 5.80. The molecule has 3 nitrogen and oxygen atoms in total. The van der Waals surface area contributed by atoms with E-state index >= 15 is 0 Å². The average Bonchev–Trinajstić information content (AvgIpc) is 2.41. The Morgan fingerprint density at radius 3 is 2.53 bits per heavy atom. The number of nitrogen functional groups attached to an aromatic ring is 1. The molecule has 19 heavy (non-hydrogen) atoms. The first-order valence-corrected chi connectivity index (χ1v) is 6.65. The van der Waals surface area contributed by atoms with Gasteiger partial charge in [-0.2, -0.15) is 0 Å². The number of benzene rings is 2. The number of hydrogen-bond donors (Lipinski definition) is 1. The number of ether oxygens (including phenoxy) is 1. The van der Waals surface area contributed by atoms with Gasteiger partial charge in [0, 0.05) is 16.1 Å². The van der Waals surface area contributed by atoms with Crippen LogP contribution >= 0.6 is 11.8 Å². The zero-order valence-electron chi connectivity index (χ0n) is 10.8. The molecule has 0 spiro atoms. The maximum atomic E-state index is 11.3. The third kappa shape index (κ3) is 3.09. The third-order valence-corrected chi connectivity index (χ3v) is 3.85. The molecule has 2 aromatic carbocycles. The minimum atomic E-state index is 0.0144. The fourth-order valence-corrected chi connectivity index (χ4v) is 2.63. The Morgan fingerprint density at radius 2 is 1.89 bits per heavy atom. The van der Waals surface area contributed by atoms with Crippen LogP contribution in [0.15, 0.2) is 52.3 Å². The number of methoxy groups -OCH3 is 1. The van der Waals surface area contributed by atoms with E-state index < -0.39 is 0 Å². The normalized spacial score (nSPS) is 10.2. The summed E-state index contributed by atoms with van der Waals surface area (Å²) in [6, 6.07) is 13.1. The monoisotopic (exact) mass is 273 g/mol. The summed E-state index contributed by atoms with van der Waals surface area (Å²) in [5.74, 6) is 0.822. The lowest BCUT2D eigenvalue weighted by Crippen LogP contribution is -1.96. The number of Topliss-reactive ketones (excluding diaryl/α,β-unsaturated/α-hetero) is 1. The van der Waals surface area contributed by atoms with E-state index in [4.69, 9.17) is 10.5 Å².